The van der Waals surface area contributed by atoms with Crippen molar-refractivity contribution in [3.05, 3.63) is 80.6 Å². The summed E-state index contributed by atoms with van der Waals surface area (Å²) < 4.78 is 5.35. The van der Waals surface area contributed by atoms with Crippen molar-refractivity contribution in [2.45, 2.75) is 26.4 Å². The van der Waals surface area contributed by atoms with Crippen molar-refractivity contribution in [1.29, 1.82) is 0 Å². The normalized spacial score (nSPS) is 10.7. The first-order chi connectivity index (χ1) is 13.0. The summed E-state index contributed by atoms with van der Waals surface area (Å²) in [5, 5.41) is 0.674. The third-order valence-corrected chi connectivity index (χ3v) is 4.59. The Hall–Kier alpha value is -2.92. The fraction of sp³-hybridized carbons (Fsp3) is 0.190. The van der Waals surface area contributed by atoms with Crippen LogP contribution in [0.5, 0.6) is 0 Å². The topological polar surface area (TPSA) is 76.2 Å². The molecule has 0 radical (unpaired) electrons. The lowest BCUT2D eigenvalue weighted by Crippen LogP contribution is -2.19. The Morgan fingerprint density at radius 3 is 2.52 bits per heavy atom. The third kappa shape index (κ3) is 3.93. The second-order valence-electron chi connectivity index (χ2n) is 6.10. The van der Waals surface area contributed by atoms with Gasteiger partial charge in [0.25, 0.3) is 5.56 Å². The lowest BCUT2D eigenvalue weighted by Gasteiger charge is -2.11. The van der Waals surface area contributed by atoms with E-state index in [2.05, 4.69) is 4.98 Å². The van der Waals surface area contributed by atoms with Crippen LogP contribution in [0, 0.1) is 0 Å². The molecule has 0 spiro atoms. The highest BCUT2D eigenvalue weighted by Crippen LogP contribution is 2.27. The van der Waals surface area contributed by atoms with Gasteiger partial charge in [0.05, 0.1) is 16.1 Å². The molecular formula is C21H18ClNO4. The summed E-state index contributed by atoms with van der Waals surface area (Å²) >= 11 is 6.36. The number of Topliss-reactive ketones (excluding diaryl/α,β-unsaturated/α-hetero) is 1. The predicted molar refractivity (Wildman–Crippen MR) is 104 cm³/mol. The Morgan fingerprint density at radius 2 is 1.81 bits per heavy atom. The number of esters is 1. The van der Waals surface area contributed by atoms with E-state index in [0.29, 0.717) is 28.5 Å². The smallest absolute Gasteiger partial charge is 0.338 e. The van der Waals surface area contributed by atoms with Crippen molar-refractivity contribution in [1.82, 2.24) is 4.98 Å². The number of pyridine rings is 1. The molecule has 1 aromatic heterocycles. The standard InChI is InChI=1S/C21H18ClNO4/c1-2-7-16(24)17-18(22)15-11-6-10-14(19(15)23-20(17)25)12-27-21(26)13-8-4-3-5-9-13/h3-6,8-11H,2,7,12H2,1H3,(H,23,25). The average Bonchev–Trinajstić information content (AvgIpc) is 2.67. The van der Waals surface area contributed by atoms with Crippen molar-refractivity contribution in [3.63, 3.8) is 0 Å². The van der Waals surface area contributed by atoms with E-state index in [1.165, 1.54) is 0 Å². The van der Waals surface area contributed by atoms with Crippen LogP contribution in [0.2, 0.25) is 5.02 Å². The molecule has 0 aliphatic carbocycles. The second-order valence-corrected chi connectivity index (χ2v) is 6.48. The number of ether oxygens (including phenoxy) is 1. The van der Waals surface area contributed by atoms with Crippen LogP contribution in [0.1, 0.15) is 46.0 Å². The molecule has 0 bridgehead atoms. The minimum absolute atomic E-state index is 0.0237. The summed E-state index contributed by atoms with van der Waals surface area (Å²) in [6, 6.07) is 13.8. The number of carbonyl (C=O) groups is 2. The molecule has 27 heavy (non-hydrogen) atoms. The number of ketones is 1. The number of aromatic amines is 1. The van der Waals surface area contributed by atoms with E-state index in [4.69, 9.17) is 16.3 Å². The Bertz CT molecular complexity index is 1060. The number of H-pyrrole nitrogens is 1. The van der Waals surface area contributed by atoms with Crippen LogP contribution in [0.25, 0.3) is 10.9 Å². The summed E-state index contributed by atoms with van der Waals surface area (Å²) in [6.45, 7) is 1.83. The first-order valence-corrected chi connectivity index (χ1v) is 8.99. The third-order valence-electron chi connectivity index (χ3n) is 4.20. The molecule has 3 rings (SSSR count). The summed E-state index contributed by atoms with van der Waals surface area (Å²) in [7, 11) is 0. The SMILES string of the molecule is CCCC(=O)c1c(Cl)c2cccc(COC(=O)c3ccccc3)c2[nH]c1=O. The zero-order valence-corrected chi connectivity index (χ0v) is 15.5. The molecule has 0 aliphatic rings. The quantitative estimate of drug-likeness (QED) is 0.501. The monoisotopic (exact) mass is 383 g/mol. The van der Waals surface area contributed by atoms with Gasteiger partial charge in [-0.2, -0.15) is 0 Å². The Balaban J connectivity index is 1.95. The van der Waals surface area contributed by atoms with Crippen molar-refractivity contribution in [2.75, 3.05) is 0 Å². The number of carbonyl (C=O) groups excluding carboxylic acids is 2. The summed E-state index contributed by atoms with van der Waals surface area (Å²) in [4.78, 5) is 39.5. The number of benzene rings is 2. The molecule has 0 fully saturated rings. The summed E-state index contributed by atoms with van der Waals surface area (Å²) in [5.41, 5.74) is 0.945. The molecule has 138 valence electrons. The van der Waals surface area contributed by atoms with E-state index in [0.717, 1.165) is 0 Å². The molecule has 0 unspecified atom stereocenters. The molecule has 1 heterocycles. The number of nitrogens with one attached hydrogen (secondary N) is 1. The van der Waals surface area contributed by atoms with E-state index >= 15 is 0 Å². The summed E-state index contributed by atoms with van der Waals surface area (Å²) in [6.07, 6.45) is 0.880. The number of para-hydroxylation sites is 1. The number of halogens is 1. The number of fused-ring (bicyclic) bond motifs is 1. The lowest BCUT2D eigenvalue weighted by molar-refractivity contribution is 0.0474. The molecule has 2 aromatic carbocycles. The molecular weight excluding hydrogens is 366 g/mol. The number of aromatic nitrogens is 1. The van der Waals surface area contributed by atoms with Crippen molar-refractivity contribution >= 4 is 34.3 Å². The van der Waals surface area contributed by atoms with Crippen molar-refractivity contribution < 1.29 is 14.3 Å². The van der Waals surface area contributed by atoms with Gasteiger partial charge in [0.15, 0.2) is 5.78 Å². The number of rotatable bonds is 6. The molecule has 3 aromatic rings. The highest BCUT2D eigenvalue weighted by molar-refractivity contribution is 6.38. The van der Waals surface area contributed by atoms with E-state index in [9.17, 15) is 14.4 Å². The van der Waals surface area contributed by atoms with Crippen molar-refractivity contribution in [2.24, 2.45) is 0 Å². The molecule has 0 atom stereocenters. The van der Waals surface area contributed by atoms with Gasteiger partial charge in [-0.05, 0) is 18.6 Å². The number of hydrogen-bond acceptors (Lipinski definition) is 4. The van der Waals surface area contributed by atoms with E-state index in [1.54, 1.807) is 42.5 Å². The van der Waals surface area contributed by atoms with E-state index < -0.39 is 11.5 Å². The first-order valence-electron chi connectivity index (χ1n) is 8.61. The van der Waals surface area contributed by atoms with Gasteiger partial charge in [-0.3, -0.25) is 9.59 Å². The van der Waals surface area contributed by atoms with Gasteiger partial charge >= 0.3 is 5.97 Å². The highest BCUT2D eigenvalue weighted by Gasteiger charge is 2.19. The number of hydrogen-bond donors (Lipinski definition) is 1. The van der Waals surface area contributed by atoms with Crippen LogP contribution in [-0.2, 0) is 11.3 Å². The van der Waals surface area contributed by atoms with Gasteiger partial charge in [0.1, 0.15) is 12.2 Å². The van der Waals surface area contributed by atoms with Crippen LogP contribution in [0.3, 0.4) is 0 Å². The Kier molecular flexibility index (Phi) is 5.72. The van der Waals surface area contributed by atoms with Gasteiger partial charge in [0, 0.05) is 17.4 Å². The Labute approximate surface area is 160 Å². The molecule has 1 N–H and O–H groups in total. The molecule has 5 nitrogen and oxygen atoms in total. The van der Waals surface area contributed by atoms with Crippen molar-refractivity contribution in [3.8, 4) is 0 Å². The van der Waals surface area contributed by atoms with E-state index in [-0.39, 0.29) is 29.4 Å². The van der Waals surface area contributed by atoms with Gasteiger partial charge in [-0.1, -0.05) is 54.9 Å². The van der Waals surface area contributed by atoms with Crippen LogP contribution in [0.15, 0.2) is 53.3 Å². The minimum atomic E-state index is -0.534. The maximum Gasteiger partial charge on any atom is 0.338 e. The van der Waals surface area contributed by atoms with Gasteiger partial charge in [-0.25, -0.2) is 4.79 Å². The van der Waals surface area contributed by atoms with Crippen LogP contribution in [-0.4, -0.2) is 16.7 Å². The summed E-state index contributed by atoms with van der Waals surface area (Å²) in [5.74, 6) is -0.748. The predicted octanol–water partition coefficient (Wildman–Crippen LogP) is 4.52. The maximum absolute atomic E-state index is 12.4. The zero-order valence-electron chi connectivity index (χ0n) is 14.8. The zero-order chi connectivity index (χ0) is 19.4. The van der Waals surface area contributed by atoms with Gasteiger partial charge in [-0.15, -0.1) is 0 Å². The minimum Gasteiger partial charge on any atom is -0.457 e. The fourth-order valence-corrected chi connectivity index (χ4v) is 3.21. The fourth-order valence-electron chi connectivity index (χ4n) is 2.86. The lowest BCUT2D eigenvalue weighted by atomic mass is 10.0. The molecule has 0 aliphatic heterocycles. The van der Waals surface area contributed by atoms with Gasteiger partial charge in [0.2, 0.25) is 0 Å². The molecule has 0 saturated heterocycles. The maximum atomic E-state index is 12.4. The molecule has 0 saturated carbocycles. The molecule has 0 amide bonds. The largest absolute Gasteiger partial charge is 0.457 e. The van der Waals surface area contributed by atoms with Crippen LogP contribution >= 0.6 is 11.6 Å². The van der Waals surface area contributed by atoms with Gasteiger partial charge < -0.3 is 9.72 Å². The van der Waals surface area contributed by atoms with E-state index in [1.807, 2.05) is 13.0 Å². The highest BCUT2D eigenvalue weighted by atomic mass is 35.5. The van der Waals surface area contributed by atoms with Crippen LogP contribution < -0.4 is 5.56 Å². The Morgan fingerprint density at radius 1 is 1.07 bits per heavy atom. The average molecular weight is 384 g/mol. The van der Waals surface area contributed by atoms with Crippen LogP contribution in [0.4, 0.5) is 0 Å². The second kappa shape index (κ2) is 8.18. The molecule has 6 heteroatoms. The first kappa shape index (κ1) is 18.9.